The molecule has 6 nitrogen and oxygen atoms in total. The molecular weight excluding hydrogens is 358 g/mol. The van der Waals surface area contributed by atoms with Gasteiger partial charge < -0.3 is 15.2 Å². The zero-order chi connectivity index (χ0) is 20.1. The summed E-state index contributed by atoms with van der Waals surface area (Å²) >= 11 is 0. The summed E-state index contributed by atoms with van der Waals surface area (Å²) in [6, 6.07) is 18.4. The Hall–Kier alpha value is -3.67. The number of amides is 1. The van der Waals surface area contributed by atoms with Crippen LogP contribution in [0.3, 0.4) is 0 Å². The van der Waals surface area contributed by atoms with Crippen LogP contribution in [0.5, 0.6) is 5.75 Å². The Morgan fingerprint density at radius 2 is 1.71 bits per heavy atom. The zero-order valence-electron chi connectivity index (χ0n) is 15.2. The molecule has 142 valence electrons. The molecule has 3 aromatic carbocycles. The van der Waals surface area contributed by atoms with Crippen LogP contribution in [0.2, 0.25) is 0 Å². The number of carbonyl (C=O) groups is 3. The van der Waals surface area contributed by atoms with Gasteiger partial charge in [0.2, 0.25) is 0 Å². The minimum Gasteiger partial charge on any atom is -0.480 e. The fourth-order valence-corrected chi connectivity index (χ4v) is 2.91. The van der Waals surface area contributed by atoms with E-state index in [0.29, 0.717) is 0 Å². The standard InChI is InChI=1S/C22H19NO5/c1-14(24)28-19-8-4-7-18(13-19)21(25)23-20(22(26)27)12-15-9-10-16-5-2-3-6-17(16)11-15/h2-11,13,20H,12H2,1H3,(H,23,25)(H,26,27)/t20-/m1/s1. The van der Waals surface area contributed by atoms with E-state index in [-0.39, 0.29) is 17.7 Å². The predicted molar refractivity (Wildman–Crippen MR) is 104 cm³/mol. The number of aliphatic carboxylic acids is 1. The van der Waals surface area contributed by atoms with Crippen molar-refractivity contribution in [3.8, 4) is 5.75 Å². The fourth-order valence-electron chi connectivity index (χ4n) is 2.91. The Bertz CT molecular complexity index is 1040. The number of carbonyl (C=O) groups excluding carboxylic acids is 2. The van der Waals surface area contributed by atoms with Gasteiger partial charge in [-0.25, -0.2) is 4.79 Å². The van der Waals surface area contributed by atoms with E-state index in [0.717, 1.165) is 16.3 Å². The van der Waals surface area contributed by atoms with E-state index in [1.807, 2.05) is 42.5 Å². The first-order valence-electron chi connectivity index (χ1n) is 8.72. The average Bonchev–Trinajstić information content (AvgIpc) is 2.67. The number of rotatable bonds is 6. The van der Waals surface area contributed by atoms with Crippen molar-refractivity contribution in [3.05, 3.63) is 77.9 Å². The third kappa shape index (κ3) is 4.73. The van der Waals surface area contributed by atoms with Crippen molar-refractivity contribution in [2.45, 2.75) is 19.4 Å². The molecule has 1 amide bonds. The number of ether oxygens (including phenoxy) is 1. The Labute approximate surface area is 161 Å². The first-order valence-corrected chi connectivity index (χ1v) is 8.72. The molecule has 2 N–H and O–H groups in total. The van der Waals surface area contributed by atoms with Crippen molar-refractivity contribution in [2.24, 2.45) is 0 Å². The number of carboxylic acids is 1. The van der Waals surface area contributed by atoms with Crippen molar-refractivity contribution in [3.63, 3.8) is 0 Å². The van der Waals surface area contributed by atoms with Gasteiger partial charge in [0.25, 0.3) is 5.91 Å². The second-order valence-electron chi connectivity index (χ2n) is 6.37. The van der Waals surface area contributed by atoms with Crippen LogP contribution in [0.15, 0.2) is 66.7 Å². The van der Waals surface area contributed by atoms with Gasteiger partial charge in [0.15, 0.2) is 0 Å². The van der Waals surface area contributed by atoms with Crippen LogP contribution in [0, 0.1) is 0 Å². The second-order valence-corrected chi connectivity index (χ2v) is 6.37. The lowest BCUT2D eigenvalue weighted by Crippen LogP contribution is -2.42. The Kier molecular flexibility index (Phi) is 5.69. The Morgan fingerprint density at radius 1 is 0.964 bits per heavy atom. The van der Waals surface area contributed by atoms with Crippen molar-refractivity contribution >= 4 is 28.6 Å². The highest BCUT2D eigenvalue weighted by molar-refractivity contribution is 5.97. The van der Waals surface area contributed by atoms with Gasteiger partial charge in [-0.1, -0.05) is 48.5 Å². The quantitative estimate of drug-likeness (QED) is 0.508. The fraction of sp³-hybridized carbons (Fsp3) is 0.136. The molecule has 6 heteroatoms. The summed E-state index contributed by atoms with van der Waals surface area (Å²) in [5, 5.41) is 14.1. The first-order chi connectivity index (χ1) is 13.4. The number of hydrogen-bond donors (Lipinski definition) is 2. The number of carboxylic acid groups (broad SMARTS) is 1. The average molecular weight is 377 g/mol. The van der Waals surface area contributed by atoms with Crippen molar-refractivity contribution in [2.75, 3.05) is 0 Å². The molecule has 0 aliphatic heterocycles. The normalized spacial score (nSPS) is 11.6. The number of nitrogens with one attached hydrogen (secondary N) is 1. The Morgan fingerprint density at radius 3 is 2.43 bits per heavy atom. The largest absolute Gasteiger partial charge is 0.480 e. The lowest BCUT2D eigenvalue weighted by Gasteiger charge is -2.15. The molecule has 0 heterocycles. The lowest BCUT2D eigenvalue weighted by molar-refractivity contribution is -0.139. The molecule has 0 aliphatic rings. The van der Waals surface area contributed by atoms with Gasteiger partial charge in [-0.2, -0.15) is 0 Å². The molecule has 0 saturated carbocycles. The highest BCUT2D eigenvalue weighted by atomic mass is 16.5. The minimum absolute atomic E-state index is 0.148. The lowest BCUT2D eigenvalue weighted by atomic mass is 10.0. The molecule has 1 atom stereocenters. The molecule has 3 rings (SSSR count). The summed E-state index contributed by atoms with van der Waals surface area (Å²) < 4.78 is 4.96. The maximum Gasteiger partial charge on any atom is 0.326 e. The highest BCUT2D eigenvalue weighted by Gasteiger charge is 2.21. The van der Waals surface area contributed by atoms with Crippen LogP contribution in [0.1, 0.15) is 22.8 Å². The van der Waals surface area contributed by atoms with E-state index in [9.17, 15) is 19.5 Å². The summed E-state index contributed by atoms with van der Waals surface area (Å²) in [5.41, 5.74) is 1.02. The summed E-state index contributed by atoms with van der Waals surface area (Å²) in [5.74, 6) is -1.96. The SMILES string of the molecule is CC(=O)Oc1cccc(C(=O)N[C@H](Cc2ccc3ccccc3c2)C(=O)O)c1. The van der Waals surface area contributed by atoms with Gasteiger partial charge in [0, 0.05) is 18.9 Å². The van der Waals surface area contributed by atoms with Crippen LogP contribution >= 0.6 is 0 Å². The zero-order valence-corrected chi connectivity index (χ0v) is 15.2. The topological polar surface area (TPSA) is 92.7 Å². The predicted octanol–water partition coefficient (Wildman–Crippen LogP) is 3.19. The van der Waals surface area contributed by atoms with Gasteiger partial charge in [0.1, 0.15) is 11.8 Å². The van der Waals surface area contributed by atoms with Crippen LogP contribution < -0.4 is 10.1 Å². The van der Waals surface area contributed by atoms with E-state index in [1.165, 1.54) is 19.1 Å². The summed E-state index contributed by atoms with van der Waals surface area (Å²) in [7, 11) is 0. The van der Waals surface area contributed by atoms with Crippen molar-refractivity contribution < 1.29 is 24.2 Å². The van der Waals surface area contributed by atoms with Gasteiger partial charge in [-0.15, -0.1) is 0 Å². The van der Waals surface area contributed by atoms with Gasteiger partial charge in [-0.05, 0) is 34.5 Å². The van der Waals surface area contributed by atoms with Crippen LogP contribution in [-0.4, -0.2) is 29.0 Å². The third-order valence-electron chi connectivity index (χ3n) is 4.21. The Balaban J connectivity index is 1.76. The van der Waals surface area contributed by atoms with Gasteiger partial charge in [0.05, 0.1) is 0 Å². The number of esters is 1. The van der Waals surface area contributed by atoms with Crippen LogP contribution in [0.4, 0.5) is 0 Å². The number of fused-ring (bicyclic) bond motifs is 1. The molecule has 0 fully saturated rings. The molecule has 0 aromatic heterocycles. The van der Waals surface area contributed by atoms with Crippen molar-refractivity contribution in [1.82, 2.24) is 5.32 Å². The molecule has 0 aliphatic carbocycles. The van der Waals surface area contributed by atoms with Crippen LogP contribution in [0.25, 0.3) is 10.8 Å². The van der Waals surface area contributed by atoms with Gasteiger partial charge >= 0.3 is 11.9 Å². The summed E-state index contributed by atoms with van der Waals surface area (Å²) in [6.45, 7) is 1.26. The van der Waals surface area contributed by atoms with E-state index in [1.54, 1.807) is 12.1 Å². The number of hydrogen-bond acceptors (Lipinski definition) is 4. The molecule has 3 aromatic rings. The van der Waals surface area contributed by atoms with Gasteiger partial charge in [-0.3, -0.25) is 9.59 Å². The monoisotopic (exact) mass is 377 g/mol. The summed E-state index contributed by atoms with van der Waals surface area (Å²) in [4.78, 5) is 35.2. The van der Waals surface area contributed by atoms with Crippen LogP contribution in [-0.2, 0) is 16.0 Å². The molecule has 0 spiro atoms. The third-order valence-corrected chi connectivity index (χ3v) is 4.21. The molecule has 0 bridgehead atoms. The van der Waals surface area contributed by atoms with E-state index >= 15 is 0 Å². The smallest absolute Gasteiger partial charge is 0.326 e. The summed E-state index contributed by atoms with van der Waals surface area (Å²) in [6.07, 6.45) is 0.148. The van der Waals surface area contributed by atoms with E-state index in [4.69, 9.17) is 4.74 Å². The molecule has 0 unspecified atom stereocenters. The maximum atomic E-state index is 12.5. The molecule has 28 heavy (non-hydrogen) atoms. The molecular formula is C22H19NO5. The van der Waals surface area contributed by atoms with E-state index in [2.05, 4.69) is 5.32 Å². The molecule has 0 saturated heterocycles. The molecule has 0 radical (unpaired) electrons. The number of benzene rings is 3. The van der Waals surface area contributed by atoms with E-state index < -0.39 is 23.9 Å². The minimum atomic E-state index is -1.13. The maximum absolute atomic E-state index is 12.5. The van der Waals surface area contributed by atoms with Crippen molar-refractivity contribution in [1.29, 1.82) is 0 Å². The highest BCUT2D eigenvalue weighted by Crippen LogP contribution is 2.17. The first kappa shape index (κ1) is 19.1. The second kappa shape index (κ2) is 8.35.